The van der Waals surface area contributed by atoms with E-state index in [9.17, 15) is 0 Å². The van der Waals surface area contributed by atoms with Crippen molar-refractivity contribution in [2.24, 2.45) is 5.73 Å². The molecule has 0 spiro atoms. The first-order valence-corrected chi connectivity index (χ1v) is 3.95. The van der Waals surface area contributed by atoms with Gasteiger partial charge < -0.3 is 16.0 Å². The Labute approximate surface area is 67.3 Å². The summed E-state index contributed by atoms with van der Waals surface area (Å²) in [6.07, 6.45) is 0. The van der Waals surface area contributed by atoms with Crippen molar-refractivity contribution in [2.75, 3.05) is 13.1 Å². The predicted octanol–water partition coefficient (Wildman–Crippen LogP) is -0.438. The van der Waals surface area contributed by atoms with Gasteiger partial charge in [0, 0.05) is 25.2 Å². The molecule has 0 radical (unpaired) electrons. The summed E-state index contributed by atoms with van der Waals surface area (Å²) < 4.78 is 0. The van der Waals surface area contributed by atoms with Gasteiger partial charge in [0.15, 0.2) is 5.96 Å². The highest BCUT2D eigenvalue weighted by Gasteiger charge is 2.22. The SMILES string of the molecule is CC1CN(C(=N)N)C(C)CN1. The summed E-state index contributed by atoms with van der Waals surface area (Å²) in [7, 11) is 0. The van der Waals surface area contributed by atoms with E-state index in [0.29, 0.717) is 12.1 Å². The minimum absolute atomic E-state index is 0.186. The molecule has 1 saturated heterocycles. The van der Waals surface area contributed by atoms with Crippen LogP contribution in [0.4, 0.5) is 0 Å². The van der Waals surface area contributed by atoms with E-state index in [-0.39, 0.29) is 5.96 Å². The Balaban J connectivity index is 2.54. The molecule has 0 saturated carbocycles. The Bertz CT molecular complexity index is 157. The van der Waals surface area contributed by atoms with Gasteiger partial charge in [-0.1, -0.05) is 0 Å². The molecule has 0 aromatic carbocycles. The summed E-state index contributed by atoms with van der Waals surface area (Å²) in [5.41, 5.74) is 5.40. The standard InChI is InChI=1S/C7H16N4/c1-5-4-11(7(8)9)6(2)3-10-5/h5-6,10H,3-4H2,1-2H3,(H3,8,9). The molecule has 1 rings (SSSR count). The number of hydrogen-bond donors (Lipinski definition) is 3. The first-order chi connectivity index (χ1) is 5.11. The normalized spacial score (nSPS) is 32.0. The van der Waals surface area contributed by atoms with Crippen LogP contribution in [0.2, 0.25) is 0 Å². The van der Waals surface area contributed by atoms with Crippen LogP contribution >= 0.6 is 0 Å². The number of guanidine groups is 1. The van der Waals surface area contributed by atoms with E-state index < -0.39 is 0 Å². The molecule has 4 heteroatoms. The minimum atomic E-state index is 0.186. The Morgan fingerprint density at radius 3 is 2.73 bits per heavy atom. The highest BCUT2D eigenvalue weighted by molar-refractivity contribution is 5.75. The second kappa shape index (κ2) is 3.09. The van der Waals surface area contributed by atoms with Crippen molar-refractivity contribution in [2.45, 2.75) is 25.9 Å². The smallest absolute Gasteiger partial charge is 0.188 e. The molecule has 1 aliphatic heterocycles. The van der Waals surface area contributed by atoms with Gasteiger partial charge >= 0.3 is 0 Å². The van der Waals surface area contributed by atoms with Crippen molar-refractivity contribution in [3.63, 3.8) is 0 Å². The van der Waals surface area contributed by atoms with Gasteiger partial charge in [0.2, 0.25) is 0 Å². The molecule has 4 nitrogen and oxygen atoms in total. The number of nitrogens with one attached hydrogen (secondary N) is 2. The lowest BCUT2D eigenvalue weighted by molar-refractivity contribution is 0.231. The monoisotopic (exact) mass is 156 g/mol. The molecule has 0 aromatic heterocycles. The molecule has 0 aromatic rings. The molecule has 64 valence electrons. The lowest BCUT2D eigenvalue weighted by atomic mass is 10.1. The molecular weight excluding hydrogens is 140 g/mol. The van der Waals surface area contributed by atoms with Crippen LogP contribution in [-0.2, 0) is 0 Å². The van der Waals surface area contributed by atoms with Gasteiger partial charge in [0.25, 0.3) is 0 Å². The zero-order chi connectivity index (χ0) is 8.43. The lowest BCUT2D eigenvalue weighted by Gasteiger charge is -2.37. The van der Waals surface area contributed by atoms with Crippen molar-refractivity contribution < 1.29 is 0 Å². The first-order valence-electron chi connectivity index (χ1n) is 3.95. The fourth-order valence-electron chi connectivity index (χ4n) is 1.36. The Morgan fingerprint density at radius 2 is 2.27 bits per heavy atom. The summed E-state index contributed by atoms with van der Waals surface area (Å²) in [5.74, 6) is 0.186. The van der Waals surface area contributed by atoms with E-state index in [1.165, 1.54) is 0 Å². The molecule has 0 bridgehead atoms. The third kappa shape index (κ3) is 1.83. The van der Waals surface area contributed by atoms with E-state index in [1.54, 1.807) is 0 Å². The average Bonchev–Trinajstić information content (AvgIpc) is 1.94. The quantitative estimate of drug-likeness (QED) is 0.329. The maximum Gasteiger partial charge on any atom is 0.188 e. The Kier molecular flexibility index (Phi) is 2.34. The molecular formula is C7H16N4. The topological polar surface area (TPSA) is 65.1 Å². The fourth-order valence-corrected chi connectivity index (χ4v) is 1.36. The highest BCUT2D eigenvalue weighted by atomic mass is 15.3. The molecule has 1 heterocycles. The van der Waals surface area contributed by atoms with Crippen LogP contribution < -0.4 is 11.1 Å². The van der Waals surface area contributed by atoms with E-state index in [0.717, 1.165) is 13.1 Å². The zero-order valence-corrected chi connectivity index (χ0v) is 7.09. The van der Waals surface area contributed by atoms with E-state index in [4.69, 9.17) is 11.1 Å². The fraction of sp³-hybridized carbons (Fsp3) is 0.857. The van der Waals surface area contributed by atoms with Crippen molar-refractivity contribution in [1.29, 1.82) is 5.41 Å². The number of nitrogens with two attached hydrogens (primary N) is 1. The van der Waals surface area contributed by atoms with Crippen LogP contribution in [0.5, 0.6) is 0 Å². The van der Waals surface area contributed by atoms with Gasteiger partial charge in [-0.15, -0.1) is 0 Å². The Morgan fingerprint density at radius 1 is 1.64 bits per heavy atom. The van der Waals surface area contributed by atoms with Crippen molar-refractivity contribution in [3.05, 3.63) is 0 Å². The molecule has 2 atom stereocenters. The Hall–Kier alpha value is -0.770. The van der Waals surface area contributed by atoms with Crippen molar-refractivity contribution >= 4 is 5.96 Å². The van der Waals surface area contributed by atoms with Crippen molar-refractivity contribution in [1.82, 2.24) is 10.2 Å². The van der Waals surface area contributed by atoms with Crippen LogP contribution in [0.15, 0.2) is 0 Å². The molecule has 4 N–H and O–H groups in total. The van der Waals surface area contributed by atoms with Gasteiger partial charge in [-0.25, -0.2) is 0 Å². The zero-order valence-electron chi connectivity index (χ0n) is 7.09. The van der Waals surface area contributed by atoms with Crippen LogP contribution in [0.25, 0.3) is 0 Å². The molecule has 1 aliphatic rings. The lowest BCUT2D eigenvalue weighted by Crippen LogP contribution is -2.57. The molecule has 11 heavy (non-hydrogen) atoms. The van der Waals surface area contributed by atoms with Gasteiger partial charge in [-0.2, -0.15) is 0 Å². The second-order valence-corrected chi connectivity index (χ2v) is 3.20. The summed E-state index contributed by atoms with van der Waals surface area (Å²) >= 11 is 0. The second-order valence-electron chi connectivity index (χ2n) is 3.20. The summed E-state index contributed by atoms with van der Waals surface area (Å²) in [6, 6.07) is 0.791. The molecule has 0 amide bonds. The largest absolute Gasteiger partial charge is 0.370 e. The van der Waals surface area contributed by atoms with Crippen LogP contribution in [0.1, 0.15) is 13.8 Å². The number of nitrogens with zero attached hydrogens (tertiary/aromatic N) is 1. The van der Waals surface area contributed by atoms with Gasteiger partial charge in [-0.05, 0) is 13.8 Å². The third-order valence-electron chi connectivity index (χ3n) is 2.07. The van der Waals surface area contributed by atoms with E-state index in [1.807, 2.05) is 4.90 Å². The van der Waals surface area contributed by atoms with E-state index >= 15 is 0 Å². The number of rotatable bonds is 0. The van der Waals surface area contributed by atoms with Crippen LogP contribution in [0.3, 0.4) is 0 Å². The van der Waals surface area contributed by atoms with Gasteiger partial charge in [0.1, 0.15) is 0 Å². The number of hydrogen-bond acceptors (Lipinski definition) is 2. The summed E-state index contributed by atoms with van der Waals surface area (Å²) in [4.78, 5) is 1.92. The minimum Gasteiger partial charge on any atom is -0.370 e. The van der Waals surface area contributed by atoms with Crippen LogP contribution in [-0.4, -0.2) is 36.0 Å². The summed E-state index contributed by atoms with van der Waals surface area (Å²) in [5, 5.41) is 10.6. The third-order valence-corrected chi connectivity index (χ3v) is 2.07. The summed E-state index contributed by atoms with van der Waals surface area (Å²) in [6.45, 7) is 5.93. The number of piperazine rings is 1. The molecule has 0 aliphatic carbocycles. The molecule has 2 unspecified atom stereocenters. The van der Waals surface area contributed by atoms with Gasteiger partial charge in [-0.3, -0.25) is 5.41 Å². The predicted molar refractivity (Wildman–Crippen MR) is 45.5 cm³/mol. The van der Waals surface area contributed by atoms with Crippen molar-refractivity contribution in [3.8, 4) is 0 Å². The van der Waals surface area contributed by atoms with E-state index in [2.05, 4.69) is 19.2 Å². The maximum atomic E-state index is 7.29. The van der Waals surface area contributed by atoms with Crippen LogP contribution in [0, 0.1) is 5.41 Å². The highest BCUT2D eigenvalue weighted by Crippen LogP contribution is 2.04. The maximum absolute atomic E-state index is 7.29. The van der Waals surface area contributed by atoms with Gasteiger partial charge in [0.05, 0.1) is 0 Å². The average molecular weight is 156 g/mol. The molecule has 1 fully saturated rings. The first kappa shape index (κ1) is 8.33.